The number of ketones is 1. The first-order valence-electron chi connectivity index (χ1n) is 9.19. The summed E-state index contributed by atoms with van der Waals surface area (Å²) in [6, 6.07) is 15.8. The molecule has 29 heavy (non-hydrogen) atoms. The number of anilines is 3. The number of Topliss-reactive ketones (excluding diaryl/α,β-unsaturated/α-hetero) is 1. The number of aromatic nitrogens is 2. The maximum absolute atomic E-state index is 12.5. The second kappa shape index (κ2) is 8.97. The van der Waals surface area contributed by atoms with Gasteiger partial charge in [-0.3, -0.25) is 9.59 Å². The SMILES string of the molecule is CC(=O)c1cccc(NC(=O)c2cc(Nc3ccc(OC(C)C)cc3)ncn2)c1. The summed E-state index contributed by atoms with van der Waals surface area (Å²) in [7, 11) is 0. The highest BCUT2D eigenvalue weighted by Crippen LogP contribution is 2.20. The molecule has 0 aliphatic rings. The molecule has 7 nitrogen and oxygen atoms in total. The first-order chi connectivity index (χ1) is 13.9. The highest BCUT2D eigenvalue weighted by atomic mass is 16.5. The molecule has 1 heterocycles. The van der Waals surface area contributed by atoms with Crippen molar-refractivity contribution in [3.8, 4) is 5.75 Å². The lowest BCUT2D eigenvalue weighted by Crippen LogP contribution is -2.14. The number of amides is 1. The number of carbonyl (C=O) groups is 2. The van der Waals surface area contributed by atoms with Crippen molar-refractivity contribution in [3.05, 3.63) is 72.2 Å². The standard InChI is InChI=1S/C22H22N4O3/c1-14(2)29-19-9-7-17(8-10-19)25-21-12-20(23-13-24-21)22(28)26-18-6-4-5-16(11-18)15(3)27/h4-14H,1-3H3,(H,26,28)(H,23,24,25). The molecule has 0 aliphatic heterocycles. The van der Waals surface area contributed by atoms with Crippen molar-refractivity contribution >= 4 is 28.9 Å². The van der Waals surface area contributed by atoms with Crippen molar-refractivity contribution in [1.29, 1.82) is 0 Å². The lowest BCUT2D eigenvalue weighted by Gasteiger charge is -2.11. The number of rotatable bonds is 7. The van der Waals surface area contributed by atoms with E-state index in [1.807, 2.05) is 38.1 Å². The van der Waals surface area contributed by atoms with Crippen LogP contribution in [-0.2, 0) is 0 Å². The van der Waals surface area contributed by atoms with Gasteiger partial charge >= 0.3 is 0 Å². The Kier molecular flexibility index (Phi) is 6.19. The van der Waals surface area contributed by atoms with Gasteiger partial charge < -0.3 is 15.4 Å². The lowest BCUT2D eigenvalue weighted by atomic mass is 10.1. The Morgan fingerprint density at radius 3 is 2.41 bits per heavy atom. The van der Waals surface area contributed by atoms with Gasteiger partial charge in [-0.2, -0.15) is 0 Å². The van der Waals surface area contributed by atoms with Crippen LogP contribution in [0.15, 0.2) is 60.9 Å². The number of ether oxygens (including phenoxy) is 1. The number of carbonyl (C=O) groups excluding carboxylic acids is 2. The van der Waals surface area contributed by atoms with Gasteiger partial charge in [0.1, 0.15) is 23.6 Å². The van der Waals surface area contributed by atoms with Crippen LogP contribution in [0.25, 0.3) is 0 Å². The van der Waals surface area contributed by atoms with E-state index in [4.69, 9.17) is 4.74 Å². The van der Waals surface area contributed by atoms with Gasteiger partial charge in [-0.15, -0.1) is 0 Å². The number of nitrogens with zero attached hydrogens (tertiary/aromatic N) is 2. The molecule has 0 unspecified atom stereocenters. The van der Waals surface area contributed by atoms with Crippen molar-refractivity contribution in [2.45, 2.75) is 26.9 Å². The molecule has 2 aromatic carbocycles. The van der Waals surface area contributed by atoms with Gasteiger partial charge in [-0.25, -0.2) is 9.97 Å². The largest absolute Gasteiger partial charge is 0.491 e. The minimum Gasteiger partial charge on any atom is -0.491 e. The van der Waals surface area contributed by atoms with Crippen LogP contribution < -0.4 is 15.4 Å². The molecule has 0 saturated carbocycles. The van der Waals surface area contributed by atoms with E-state index < -0.39 is 5.91 Å². The van der Waals surface area contributed by atoms with E-state index in [1.54, 1.807) is 30.3 Å². The van der Waals surface area contributed by atoms with Crippen molar-refractivity contribution in [3.63, 3.8) is 0 Å². The molecule has 3 rings (SSSR count). The molecule has 0 bridgehead atoms. The second-order valence-corrected chi connectivity index (χ2v) is 6.70. The molecule has 0 radical (unpaired) electrons. The third-order valence-corrected chi connectivity index (χ3v) is 3.93. The Bertz CT molecular complexity index is 1020. The third kappa shape index (κ3) is 5.62. The third-order valence-electron chi connectivity index (χ3n) is 3.93. The van der Waals surface area contributed by atoms with Gasteiger partial charge in [0.2, 0.25) is 0 Å². The average molecular weight is 390 g/mol. The molecule has 0 aliphatic carbocycles. The monoisotopic (exact) mass is 390 g/mol. The number of hydrogen-bond acceptors (Lipinski definition) is 6. The van der Waals surface area contributed by atoms with Crippen molar-refractivity contribution in [1.82, 2.24) is 9.97 Å². The molecule has 0 fully saturated rings. The summed E-state index contributed by atoms with van der Waals surface area (Å²) in [6.07, 6.45) is 1.42. The van der Waals surface area contributed by atoms with Gasteiger partial charge in [-0.05, 0) is 57.2 Å². The van der Waals surface area contributed by atoms with Crippen LogP contribution >= 0.6 is 0 Å². The first-order valence-corrected chi connectivity index (χ1v) is 9.19. The Morgan fingerprint density at radius 1 is 0.966 bits per heavy atom. The maximum atomic E-state index is 12.5. The number of nitrogens with one attached hydrogen (secondary N) is 2. The maximum Gasteiger partial charge on any atom is 0.274 e. The van der Waals surface area contributed by atoms with Crippen LogP contribution in [0, 0.1) is 0 Å². The van der Waals surface area contributed by atoms with Crippen molar-refractivity contribution < 1.29 is 14.3 Å². The van der Waals surface area contributed by atoms with Crippen LogP contribution in [0.1, 0.15) is 41.6 Å². The van der Waals surface area contributed by atoms with E-state index in [1.165, 1.54) is 13.3 Å². The highest BCUT2D eigenvalue weighted by Gasteiger charge is 2.10. The molecular formula is C22H22N4O3. The second-order valence-electron chi connectivity index (χ2n) is 6.70. The minimum absolute atomic E-state index is 0.0700. The van der Waals surface area contributed by atoms with E-state index in [-0.39, 0.29) is 17.6 Å². The molecule has 148 valence electrons. The van der Waals surface area contributed by atoms with E-state index in [2.05, 4.69) is 20.6 Å². The molecule has 0 saturated heterocycles. The molecule has 1 amide bonds. The van der Waals surface area contributed by atoms with E-state index >= 15 is 0 Å². The zero-order valence-corrected chi connectivity index (χ0v) is 16.5. The van der Waals surface area contributed by atoms with Gasteiger partial charge in [0.25, 0.3) is 5.91 Å². The fourth-order valence-corrected chi connectivity index (χ4v) is 2.60. The van der Waals surface area contributed by atoms with Gasteiger partial charge in [-0.1, -0.05) is 12.1 Å². The lowest BCUT2D eigenvalue weighted by molar-refractivity contribution is 0.100. The van der Waals surface area contributed by atoms with Gasteiger partial charge in [0.05, 0.1) is 6.10 Å². The predicted molar refractivity (Wildman–Crippen MR) is 112 cm³/mol. The fraction of sp³-hybridized carbons (Fsp3) is 0.182. The van der Waals surface area contributed by atoms with Crippen LogP contribution in [0.3, 0.4) is 0 Å². The Hall–Kier alpha value is -3.74. The molecule has 1 aromatic heterocycles. The van der Waals surface area contributed by atoms with Gasteiger partial charge in [0, 0.05) is 23.0 Å². The average Bonchev–Trinajstić information content (AvgIpc) is 2.69. The topological polar surface area (TPSA) is 93.2 Å². The smallest absolute Gasteiger partial charge is 0.274 e. The van der Waals surface area contributed by atoms with Crippen LogP contribution in [-0.4, -0.2) is 27.8 Å². The zero-order valence-electron chi connectivity index (χ0n) is 16.5. The molecule has 0 atom stereocenters. The molecule has 7 heteroatoms. The summed E-state index contributed by atoms with van der Waals surface area (Å²) in [4.78, 5) is 32.2. The van der Waals surface area contributed by atoms with E-state index in [0.29, 0.717) is 17.1 Å². The Morgan fingerprint density at radius 2 is 1.72 bits per heavy atom. The Labute approximate surface area is 169 Å². The highest BCUT2D eigenvalue weighted by molar-refractivity contribution is 6.04. The summed E-state index contributed by atoms with van der Waals surface area (Å²) in [5.74, 6) is 0.803. The van der Waals surface area contributed by atoms with Crippen LogP contribution in [0.5, 0.6) is 5.75 Å². The van der Waals surface area contributed by atoms with Crippen molar-refractivity contribution in [2.24, 2.45) is 0 Å². The predicted octanol–water partition coefficient (Wildman–Crippen LogP) is 4.46. The molecule has 0 spiro atoms. The fourth-order valence-electron chi connectivity index (χ4n) is 2.60. The molecular weight excluding hydrogens is 368 g/mol. The van der Waals surface area contributed by atoms with Crippen molar-refractivity contribution in [2.75, 3.05) is 10.6 Å². The van der Waals surface area contributed by atoms with Crippen LogP contribution in [0.4, 0.5) is 17.2 Å². The van der Waals surface area contributed by atoms with Gasteiger partial charge in [0.15, 0.2) is 5.78 Å². The summed E-state index contributed by atoms with van der Waals surface area (Å²) >= 11 is 0. The quantitative estimate of drug-likeness (QED) is 0.579. The summed E-state index contributed by atoms with van der Waals surface area (Å²) in [5, 5.41) is 5.88. The molecule has 3 aromatic rings. The number of benzene rings is 2. The summed E-state index contributed by atoms with van der Waals surface area (Å²) in [5.41, 5.74) is 2.06. The normalized spacial score (nSPS) is 10.5. The number of hydrogen-bond donors (Lipinski definition) is 2. The Balaban J connectivity index is 1.69. The van der Waals surface area contributed by atoms with E-state index in [0.717, 1.165) is 11.4 Å². The summed E-state index contributed by atoms with van der Waals surface area (Å²) < 4.78 is 5.62. The minimum atomic E-state index is -0.392. The van der Waals surface area contributed by atoms with E-state index in [9.17, 15) is 9.59 Å². The summed E-state index contributed by atoms with van der Waals surface area (Å²) in [6.45, 7) is 5.41. The first kappa shape index (κ1) is 20.0. The van der Waals surface area contributed by atoms with Crippen LogP contribution in [0.2, 0.25) is 0 Å². The zero-order chi connectivity index (χ0) is 20.8. The molecule has 2 N–H and O–H groups in total.